The second kappa shape index (κ2) is 37.0. The average molecular weight is 1960 g/mol. The third kappa shape index (κ3) is 16.4. The SMILES string of the molecule is CC(C)(C)c1ccc2c(c1)c1cc(C(C)(C)C)ccc1n2-c1cccc2c1Oc1c(-c3nc(-c4ccccc4)nc(-c4ccccc4)n3)cccc1C2(C)C.CC1(C)c2cccc(-c3nc(-c4ccccc4)nc(-c4ccccc4)n3)c2Oc2c(-n3c4ccccc4c4ccccc43)cccc21.CC1(C)c2cccc(-c3nc(-c4ccccc4)nc(-c4ccccc4)n3)c2Oc2c(N3c4ccccc4Sc4ccccc43)cccc21. The molecule has 4 aliphatic rings. The van der Waals surface area contributed by atoms with E-state index in [1.165, 1.54) is 42.5 Å². The Kier molecular flexibility index (Phi) is 23.0. The Morgan fingerprint density at radius 3 is 0.740 bits per heavy atom. The summed E-state index contributed by atoms with van der Waals surface area (Å²) in [5.74, 6) is 10.2. The number of ether oxygens (including phenoxy) is 3. The molecule has 150 heavy (non-hydrogen) atoms. The van der Waals surface area contributed by atoms with Crippen molar-refractivity contribution in [2.75, 3.05) is 4.90 Å². The summed E-state index contributed by atoms with van der Waals surface area (Å²) in [5.41, 5.74) is 26.1. The molecule has 16 heteroatoms. The summed E-state index contributed by atoms with van der Waals surface area (Å²) in [7, 11) is 0. The number of hydrogen-bond donors (Lipinski definition) is 0. The van der Waals surface area contributed by atoms with Crippen LogP contribution in [-0.4, -0.2) is 54.0 Å². The van der Waals surface area contributed by atoms with Gasteiger partial charge in [0.2, 0.25) is 0 Å². The third-order valence-electron chi connectivity index (χ3n) is 29.7. The lowest BCUT2D eigenvalue weighted by Crippen LogP contribution is -2.26. The molecule has 23 aromatic rings. The van der Waals surface area contributed by atoms with Gasteiger partial charge in [0.15, 0.2) is 69.7 Å². The molecule has 0 bridgehead atoms. The number of anilines is 3. The normalized spacial score (nSPS) is 13.6. The zero-order valence-electron chi connectivity index (χ0n) is 85.4. The third-order valence-corrected chi connectivity index (χ3v) is 30.9. The van der Waals surface area contributed by atoms with E-state index in [9.17, 15) is 0 Å². The summed E-state index contributed by atoms with van der Waals surface area (Å²) < 4.78 is 26.3. The molecule has 15 nitrogen and oxygen atoms in total. The van der Waals surface area contributed by atoms with Crippen molar-refractivity contribution < 1.29 is 14.2 Å². The predicted octanol–water partition coefficient (Wildman–Crippen LogP) is 34.6. The van der Waals surface area contributed by atoms with Crippen LogP contribution in [0.5, 0.6) is 34.5 Å². The number of rotatable bonds is 12. The summed E-state index contributed by atoms with van der Waals surface area (Å²) in [6.07, 6.45) is 0. The van der Waals surface area contributed by atoms with Gasteiger partial charge in [0.05, 0.1) is 67.2 Å². The van der Waals surface area contributed by atoms with Crippen molar-refractivity contribution in [3.8, 4) is 148 Å². The lowest BCUT2D eigenvalue weighted by atomic mass is 9.75. The van der Waals surface area contributed by atoms with Crippen molar-refractivity contribution in [3.05, 3.63) is 469 Å². The first-order valence-corrected chi connectivity index (χ1v) is 52.0. The van der Waals surface area contributed by atoms with Gasteiger partial charge in [0.25, 0.3) is 0 Å². The lowest BCUT2D eigenvalue weighted by molar-refractivity contribution is 0.417. The van der Waals surface area contributed by atoms with Crippen LogP contribution in [0, 0.1) is 0 Å². The van der Waals surface area contributed by atoms with Crippen molar-refractivity contribution in [1.29, 1.82) is 0 Å². The molecule has 0 unspecified atom stereocenters. The Balaban J connectivity index is 0.000000117. The minimum atomic E-state index is -0.385. The predicted molar refractivity (Wildman–Crippen MR) is 609 cm³/mol. The van der Waals surface area contributed by atoms with Gasteiger partial charge >= 0.3 is 0 Å². The molecule has 5 aromatic heterocycles. The van der Waals surface area contributed by atoms with Crippen molar-refractivity contribution >= 4 is 72.4 Å². The second-order valence-corrected chi connectivity index (χ2v) is 43.4. The Bertz CT molecular complexity index is 8920. The zero-order chi connectivity index (χ0) is 102. The van der Waals surface area contributed by atoms with Gasteiger partial charge in [0.1, 0.15) is 17.2 Å². The molecule has 0 fully saturated rings. The van der Waals surface area contributed by atoms with Crippen molar-refractivity contribution in [2.45, 2.75) is 120 Å². The first-order valence-electron chi connectivity index (χ1n) is 51.1. The number of para-hydroxylation sites is 10. The lowest BCUT2D eigenvalue weighted by Gasteiger charge is -2.39. The first-order chi connectivity index (χ1) is 72.9. The van der Waals surface area contributed by atoms with Gasteiger partial charge in [-0.15, -0.1) is 0 Å². The van der Waals surface area contributed by atoms with Crippen molar-refractivity contribution in [3.63, 3.8) is 0 Å². The van der Waals surface area contributed by atoms with E-state index >= 15 is 0 Å². The molecular weight excluding hydrogens is 1860 g/mol. The van der Waals surface area contributed by atoms with Gasteiger partial charge in [-0.25, -0.2) is 44.9 Å². The molecule has 0 aliphatic carbocycles. The highest BCUT2D eigenvalue weighted by molar-refractivity contribution is 7.99. The van der Waals surface area contributed by atoms with Crippen LogP contribution in [0.25, 0.3) is 157 Å². The van der Waals surface area contributed by atoms with E-state index in [2.05, 4.69) is 340 Å². The number of benzene rings is 18. The molecule has 0 radical (unpaired) electrons. The summed E-state index contributed by atoms with van der Waals surface area (Å²) >= 11 is 1.80. The Labute approximate surface area is 876 Å². The Hall–Kier alpha value is -17.9. The first kappa shape index (κ1) is 93.2. The number of fused-ring (bicyclic) bond motifs is 14. The number of nitrogens with zero attached hydrogens (tertiary/aromatic N) is 12. The smallest absolute Gasteiger partial charge is 0.167 e. The van der Waals surface area contributed by atoms with Gasteiger partial charge in [-0.2, -0.15) is 0 Å². The largest absolute Gasteiger partial charge is 0.454 e. The molecule has 0 atom stereocenters. The van der Waals surface area contributed by atoms with Crippen molar-refractivity contribution in [1.82, 2.24) is 54.0 Å². The fraction of sp³-hybridized carbons (Fsp3) is 0.127. The van der Waals surface area contributed by atoms with Gasteiger partial charge in [0, 0.05) is 114 Å². The van der Waals surface area contributed by atoms with E-state index < -0.39 is 0 Å². The molecule has 0 saturated carbocycles. The number of hydrogen-bond acceptors (Lipinski definition) is 14. The monoisotopic (exact) mass is 1960 g/mol. The maximum absolute atomic E-state index is 7.28. The maximum atomic E-state index is 7.28. The van der Waals surface area contributed by atoms with E-state index in [-0.39, 0.29) is 27.1 Å². The van der Waals surface area contributed by atoms with Crippen molar-refractivity contribution in [2.24, 2.45) is 0 Å². The van der Waals surface area contributed by atoms with Crippen LogP contribution in [0.4, 0.5) is 17.1 Å². The van der Waals surface area contributed by atoms with Gasteiger partial charge in [-0.05, 0) is 119 Å². The van der Waals surface area contributed by atoms with Crippen LogP contribution in [0.15, 0.2) is 434 Å². The van der Waals surface area contributed by atoms with Crippen LogP contribution in [0.2, 0.25) is 0 Å². The molecule has 18 aromatic carbocycles. The Morgan fingerprint density at radius 2 is 0.440 bits per heavy atom. The topological polar surface area (TPSA) is 157 Å². The molecule has 27 rings (SSSR count). The molecule has 4 aliphatic heterocycles. The van der Waals surface area contributed by atoms with Gasteiger partial charge < -0.3 is 28.2 Å². The summed E-state index contributed by atoms with van der Waals surface area (Å²) in [6.45, 7) is 27.3. The minimum Gasteiger partial charge on any atom is -0.454 e. The standard InChI is InChI=1S/C50H46N4O.C42H30N4OS.C42H30N4O/c1-48(2,3)33-25-27-40-36(29-33)37-30-34(49(4,5)6)26-28-41(37)54(40)42-24-16-23-39-44(42)55-43-35(21-15-22-38(43)50(39,7)8)47-52-45(31-17-11-9-12-18-31)51-46(53-47)32-19-13-10-14-20-32;1-42(2)30-20-13-19-29(41-44-39(27-15-5-3-6-16-27)43-40(45-41)28-17-7-4-8-18-28)37(30)47-38-31(42)21-14-24-34(38)46-32-22-9-11-25-35(32)48-36-26-12-10-23-33(36)46;1-42(2)32-22-13-21-31(41-44-39(27-15-5-3-6-16-27)43-40(45-41)28-17-7-4-8-18-28)37(32)47-38-33(42)23-14-26-36(38)46-34-24-11-9-19-29(34)30-20-10-12-25-35(30)46/h9-30H,1-8H3;3-26H,1-2H3;3-26H,1-2H3. The average Bonchev–Trinajstić information content (AvgIpc) is 1.21. The summed E-state index contributed by atoms with van der Waals surface area (Å²) in [4.78, 5) is 50.0. The fourth-order valence-corrected chi connectivity index (χ4v) is 22.8. The maximum Gasteiger partial charge on any atom is 0.167 e. The van der Waals surface area contributed by atoms with E-state index in [0.29, 0.717) is 52.4 Å². The second-order valence-electron chi connectivity index (χ2n) is 42.3. The van der Waals surface area contributed by atoms with E-state index in [1.54, 1.807) is 11.8 Å². The highest BCUT2D eigenvalue weighted by Gasteiger charge is 2.44. The molecule has 0 spiro atoms. The van der Waals surface area contributed by atoms with Crippen LogP contribution in [-0.2, 0) is 27.1 Å². The molecule has 0 saturated heterocycles. The highest BCUT2D eigenvalue weighted by Crippen LogP contribution is 2.61. The van der Waals surface area contributed by atoms with Gasteiger partial charge in [-0.1, -0.05) is 422 Å². The van der Waals surface area contributed by atoms with Crippen LogP contribution < -0.4 is 19.1 Å². The van der Waals surface area contributed by atoms with E-state index in [1.807, 2.05) is 182 Å². The number of aromatic nitrogens is 11. The quantitative estimate of drug-likeness (QED) is 0.114. The molecule has 0 amide bonds. The molecule has 9 heterocycles. The summed E-state index contributed by atoms with van der Waals surface area (Å²) in [5, 5.41) is 4.91. The molecule has 0 N–H and O–H groups in total. The van der Waals surface area contributed by atoms with Crippen LogP contribution in [0.3, 0.4) is 0 Å². The molecular formula is C134H106N12O3S. The highest BCUT2D eigenvalue weighted by atomic mass is 32.2. The van der Waals surface area contributed by atoms with E-state index in [4.69, 9.17) is 59.1 Å². The zero-order valence-corrected chi connectivity index (χ0v) is 86.2. The minimum absolute atomic E-state index is 0.0131. The van der Waals surface area contributed by atoms with Gasteiger partial charge in [-0.3, -0.25) is 0 Å². The Morgan fingerprint density at radius 1 is 0.207 bits per heavy atom. The fourth-order valence-electron chi connectivity index (χ4n) is 21.7. The van der Waals surface area contributed by atoms with Crippen LogP contribution in [0.1, 0.15) is 128 Å². The summed E-state index contributed by atoms with van der Waals surface area (Å²) in [6, 6.07) is 147. The van der Waals surface area contributed by atoms with Crippen LogP contribution >= 0.6 is 11.8 Å². The molecule has 726 valence electrons. The van der Waals surface area contributed by atoms with E-state index in [0.717, 1.165) is 168 Å².